The van der Waals surface area contributed by atoms with Crippen LogP contribution in [0, 0.1) is 0 Å². The van der Waals surface area contributed by atoms with E-state index in [-0.39, 0.29) is 23.2 Å². The first-order valence-electron chi connectivity index (χ1n) is 7.67. The molecule has 0 spiro atoms. The van der Waals surface area contributed by atoms with E-state index in [1.54, 1.807) is 11.8 Å². The van der Waals surface area contributed by atoms with Crippen LogP contribution in [0.15, 0.2) is 17.2 Å². The minimum Gasteiger partial charge on any atom is -0.506 e. The van der Waals surface area contributed by atoms with Crippen molar-refractivity contribution in [2.45, 2.75) is 32.6 Å². The minimum absolute atomic E-state index is 0.0115. The molecule has 1 heterocycles. The summed E-state index contributed by atoms with van der Waals surface area (Å²) in [5.41, 5.74) is 3.08. The molecule has 0 unspecified atom stereocenters. The van der Waals surface area contributed by atoms with Crippen LogP contribution in [-0.2, 0) is 9.59 Å². The minimum atomic E-state index is -0.391. The average molecular weight is 372 g/mol. The summed E-state index contributed by atoms with van der Waals surface area (Å²) in [6.07, 6.45) is 3.24. The number of carbonyl (C=O) groups excluding carboxylic acids is 2. The second-order valence-electron chi connectivity index (χ2n) is 5.64. The number of hydrogen-bond acceptors (Lipinski definition) is 4. The zero-order valence-corrected chi connectivity index (χ0v) is 14.8. The Bertz CT molecular complexity index is 677. The van der Waals surface area contributed by atoms with Crippen molar-refractivity contribution in [1.82, 2.24) is 10.3 Å². The Kier molecular flexibility index (Phi) is 6.45. The number of carbonyl (C=O) groups is 2. The summed E-state index contributed by atoms with van der Waals surface area (Å²) < 4.78 is 0. The summed E-state index contributed by atoms with van der Waals surface area (Å²) in [6, 6.07) is 2.92. The van der Waals surface area contributed by atoms with Gasteiger partial charge in [0.25, 0.3) is 5.91 Å². The van der Waals surface area contributed by atoms with E-state index in [1.165, 1.54) is 12.1 Å². The lowest BCUT2D eigenvalue weighted by Crippen LogP contribution is -2.39. The Morgan fingerprint density at radius 1 is 1.33 bits per heavy atom. The predicted molar refractivity (Wildman–Crippen MR) is 93.5 cm³/mol. The zero-order valence-electron chi connectivity index (χ0n) is 13.3. The number of hydrogen-bond donors (Lipinski definition) is 2. The van der Waals surface area contributed by atoms with E-state index in [4.69, 9.17) is 23.2 Å². The molecule has 6 nitrogen and oxygen atoms in total. The van der Waals surface area contributed by atoms with Gasteiger partial charge in [0.15, 0.2) is 0 Å². The lowest BCUT2D eigenvalue weighted by Gasteiger charge is -2.19. The number of aromatic hydroxyl groups is 1. The monoisotopic (exact) mass is 371 g/mol. The Morgan fingerprint density at radius 2 is 2.08 bits per heavy atom. The van der Waals surface area contributed by atoms with Crippen LogP contribution < -0.4 is 5.43 Å². The van der Waals surface area contributed by atoms with E-state index in [9.17, 15) is 14.7 Å². The lowest BCUT2D eigenvalue weighted by atomic mass is 10.1. The van der Waals surface area contributed by atoms with E-state index in [1.807, 2.05) is 0 Å². The van der Waals surface area contributed by atoms with Gasteiger partial charge in [-0.3, -0.25) is 9.59 Å². The molecule has 1 aliphatic rings. The van der Waals surface area contributed by atoms with Gasteiger partial charge < -0.3 is 10.0 Å². The fourth-order valence-corrected chi connectivity index (χ4v) is 2.96. The Balaban J connectivity index is 2.01. The van der Waals surface area contributed by atoms with Crippen molar-refractivity contribution in [3.8, 4) is 5.75 Å². The van der Waals surface area contributed by atoms with Crippen LogP contribution >= 0.6 is 23.2 Å². The van der Waals surface area contributed by atoms with Gasteiger partial charge in [0, 0.05) is 23.6 Å². The second kappa shape index (κ2) is 8.35. The molecule has 0 bridgehead atoms. The van der Waals surface area contributed by atoms with Gasteiger partial charge in [-0.25, -0.2) is 5.43 Å². The Morgan fingerprint density at radius 3 is 2.83 bits per heavy atom. The number of amides is 2. The van der Waals surface area contributed by atoms with Crippen LogP contribution in [0.2, 0.25) is 10.0 Å². The van der Waals surface area contributed by atoms with Crippen LogP contribution in [0.1, 0.15) is 38.2 Å². The van der Waals surface area contributed by atoms with E-state index in [0.29, 0.717) is 29.3 Å². The molecular weight excluding hydrogens is 353 g/mol. The standard InChI is InChI=1S/C16H19Cl2N3O3/c1-10(12-7-11(17)8-13(18)16(12)24)19-20-14(22)9-21-6-4-2-3-5-15(21)23/h7-8,24H,2-6,9H2,1H3,(H,20,22)/b19-10+. The molecule has 1 saturated heterocycles. The number of phenols is 1. The molecule has 2 rings (SSSR count). The van der Waals surface area contributed by atoms with E-state index < -0.39 is 5.91 Å². The molecule has 0 atom stereocenters. The number of phenolic OH excluding ortho intramolecular Hbond substituents is 1. The van der Waals surface area contributed by atoms with E-state index in [0.717, 1.165) is 19.3 Å². The Labute approximate surface area is 150 Å². The molecule has 8 heteroatoms. The summed E-state index contributed by atoms with van der Waals surface area (Å²) in [5, 5.41) is 14.4. The molecule has 1 fully saturated rings. The fraction of sp³-hybridized carbons (Fsp3) is 0.438. The average Bonchev–Trinajstić information content (AvgIpc) is 2.73. The number of hydrazone groups is 1. The van der Waals surface area contributed by atoms with Gasteiger partial charge in [0.05, 0.1) is 10.7 Å². The molecule has 1 aromatic carbocycles. The third kappa shape index (κ3) is 4.85. The van der Waals surface area contributed by atoms with Crippen LogP contribution in [0.3, 0.4) is 0 Å². The third-order valence-corrected chi connectivity index (χ3v) is 4.28. The highest BCUT2D eigenvalue weighted by atomic mass is 35.5. The second-order valence-corrected chi connectivity index (χ2v) is 6.49. The number of benzene rings is 1. The number of halogens is 2. The molecule has 0 aromatic heterocycles. The molecule has 0 radical (unpaired) electrons. The maximum atomic E-state index is 12.0. The number of nitrogens with zero attached hydrogens (tertiary/aromatic N) is 2. The first kappa shape index (κ1) is 18.5. The van der Waals surface area contributed by atoms with Crippen molar-refractivity contribution in [3.63, 3.8) is 0 Å². The molecule has 2 N–H and O–H groups in total. The van der Waals surface area contributed by atoms with Crippen molar-refractivity contribution in [3.05, 3.63) is 27.7 Å². The highest BCUT2D eigenvalue weighted by Crippen LogP contribution is 2.31. The molecular formula is C16H19Cl2N3O3. The number of rotatable bonds is 4. The molecule has 1 aliphatic heterocycles. The quantitative estimate of drug-likeness (QED) is 0.630. The van der Waals surface area contributed by atoms with Gasteiger partial charge in [0.1, 0.15) is 12.3 Å². The third-order valence-electron chi connectivity index (χ3n) is 3.77. The van der Waals surface area contributed by atoms with Crippen molar-refractivity contribution in [2.75, 3.05) is 13.1 Å². The van der Waals surface area contributed by atoms with Crippen LogP contribution in [0.25, 0.3) is 0 Å². The van der Waals surface area contributed by atoms with E-state index in [2.05, 4.69) is 10.5 Å². The fourth-order valence-electron chi connectivity index (χ4n) is 2.46. The van der Waals surface area contributed by atoms with Gasteiger partial charge in [-0.1, -0.05) is 29.6 Å². The number of nitrogens with one attached hydrogen (secondary N) is 1. The van der Waals surface area contributed by atoms with Crippen molar-refractivity contribution in [1.29, 1.82) is 0 Å². The SMILES string of the molecule is C/C(=N\NC(=O)CN1CCCCCC1=O)c1cc(Cl)cc(Cl)c1O. The largest absolute Gasteiger partial charge is 0.506 e. The van der Waals surface area contributed by atoms with Crippen molar-refractivity contribution in [2.24, 2.45) is 5.10 Å². The molecule has 0 saturated carbocycles. The van der Waals surface area contributed by atoms with Crippen molar-refractivity contribution >= 4 is 40.7 Å². The Hall–Kier alpha value is -1.79. The van der Waals surface area contributed by atoms with Crippen LogP contribution in [-0.4, -0.2) is 40.6 Å². The smallest absolute Gasteiger partial charge is 0.259 e. The van der Waals surface area contributed by atoms with Gasteiger partial charge in [-0.15, -0.1) is 0 Å². The van der Waals surface area contributed by atoms with E-state index >= 15 is 0 Å². The van der Waals surface area contributed by atoms with Gasteiger partial charge in [-0.2, -0.15) is 5.10 Å². The maximum Gasteiger partial charge on any atom is 0.259 e. The highest BCUT2D eigenvalue weighted by Gasteiger charge is 2.19. The molecule has 2 amide bonds. The topological polar surface area (TPSA) is 82.0 Å². The predicted octanol–water partition coefficient (Wildman–Crippen LogP) is 2.94. The zero-order chi connectivity index (χ0) is 17.7. The summed E-state index contributed by atoms with van der Waals surface area (Å²) in [5.74, 6) is -0.556. The molecule has 130 valence electrons. The van der Waals surface area contributed by atoms with Crippen LogP contribution in [0.4, 0.5) is 0 Å². The highest BCUT2D eigenvalue weighted by molar-refractivity contribution is 6.36. The van der Waals surface area contributed by atoms with Gasteiger partial charge in [0.2, 0.25) is 5.91 Å². The first-order chi connectivity index (χ1) is 11.4. The van der Waals surface area contributed by atoms with Gasteiger partial charge in [-0.05, 0) is 31.9 Å². The summed E-state index contributed by atoms with van der Waals surface area (Å²) in [6.45, 7) is 2.16. The normalized spacial score (nSPS) is 16.0. The summed E-state index contributed by atoms with van der Waals surface area (Å²) in [4.78, 5) is 25.4. The first-order valence-corrected chi connectivity index (χ1v) is 8.43. The molecule has 1 aromatic rings. The number of likely N-dealkylation sites (tertiary alicyclic amines) is 1. The maximum absolute atomic E-state index is 12.0. The van der Waals surface area contributed by atoms with Gasteiger partial charge >= 0.3 is 0 Å². The molecule has 0 aliphatic carbocycles. The summed E-state index contributed by atoms with van der Waals surface area (Å²) in [7, 11) is 0. The molecule has 24 heavy (non-hydrogen) atoms. The lowest BCUT2D eigenvalue weighted by molar-refractivity contribution is -0.135. The van der Waals surface area contributed by atoms with Crippen LogP contribution in [0.5, 0.6) is 5.75 Å². The summed E-state index contributed by atoms with van der Waals surface area (Å²) >= 11 is 11.8. The van der Waals surface area contributed by atoms with Crippen molar-refractivity contribution < 1.29 is 14.7 Å².